The summed E-state index contributed by atoms with van der Waals surface area (Å²) < 4.78 is 40.7. The number of hydrogen-bond acceptors (Lipinski definition) is 8. The minimum atomic E-state index is -2.32. The molecular weight excluding hydrogens is 945 g/mol. The fraction of sp³-hybridized carbons (Fsp3) is 1.00. The average molecular weight is 1070 g/mol. The van der Waals surface area contributed by atoms with E-state index in [2.05, 4.69) is 96.9 Å². The van der Waals surface area contributed by atoms with Crippen LogP contribution in [-0.4, -0.2) is 109 Å². The Bertz CT molecular complexity index is 1110. The maximum atomic E-state index is 6.95. The number of rotatable bonds is 53. The van der Waals surface area contributed by atoms with E-state index in [1.807, 2.05) is 0 Å². The van der Waals surface area contributed by atoms with E-state index in [1.165, 1.54) is 237 Å². The molecule has 1 aliphatic rings. The van der Waals surface area contributed by atoms with Crippen LogP contribution in [0.25, 0.3) is 0 Å². The lowest BCUT2D eigenvalue weighted by atomic mass is 10.1. The van der Waals surface area contributed by atoms with Crippen molar-refractivity contribution in [1.82, 2.24) is 9.80 Å². The molecule has 3 unspecified atom stereocenters. The van der Waals surface area contributed by atoms with Gasteiger partial charge in [0.15, 0.2) is 16.6 Å². The van der Waals surface area contributed by atoms with Gasteiger partial charge in [0.25, 0.3) is 0 Å². The zero-order chi connectivity index (χ0) is 52.5. The van der Waals surface area contributed by atoms with Gasteiger partial charge in [-0.25, -0.2) is 0 Å². The van der Waals surface area contributed by atoms with Crippen LogP contribution in [0, 0.1) is 0 Å². The molecule has 1 rings (SSSR count). The Morgan fingerprint density at radius 1 is 0.437 bits per heavy atom. The number of nitrogens with zero attached hydrogens (tertiary/aromatic N) is 2. The summed E-state index contributed by atoms with van der Waals surface area (Å²) in [5, 5.41) is 0. The minimum absolute atomic E-state index is 0.130. The Labute approximate surface area is 449 Å². The van der Waals surface area contributed by atoms with Crippen LogP contribution >= 0.6 is 0 Å². The molecule has 0 aromatic carbocycles. The zero-order valence-corrected chi connectivity index (χ0v) is 54.5. The Balaban J connectivity index is 2.63. The Morgan fingerprint density at radius 2 is 0.789 bits per heavy atom. The third-order valence-corrected chi connectivity index (χ3v) is 28.2. The Kier molecular flexibility index (Phi) is 42.6. The molecule has 426 valence electrons. The molecule has 0 saturated carbocycles. The molecule has 0 N–H and O–H groups in total. The maximum Gasteiger partial charge on any atom is 0.323 e. The summed E-state index contributed by atoms with van der Waals surface area (Å²) in [4.78, 5) is 5.41. The van der Waals surface area contributed by atoms with Crippen molar-refractivity contribution in [1.29, 1.82) is 0 Å². The minimum Gasteiger partial charge on any atom is -0.436 e. The molecule has 0 amide bonds. The van der Waals surface area contributed by atoms with Crippen molar-refractivity contribution in [2.75, 3.05) is 46.4 Å². The molecule has 8 nitrogen and oxygen atoms in total. The SMILES string of the molecule is CCCCCCCC[Si](C)(C)O[Si](C)(C)OC(CCCCCCC)OCCCCCCN(CCCCCCOC(CCCCCCC)O[Si](C)(C)O[Si](C)(C)CCCCCCCC)CCC1CCCN1C. The van der Waals surface area contributed by atoms with E-state index in [0.717, 1.165) is 44.9 Å². The predicted molar refractivity (Wildman–Crippen MR) is 321 cm³/mol. The third-order valence-electron chi connectivity index (χ3n) is 15.0. The summed E-state index contributed by atoms with van der Waals surface area (Å²) >= 11 is 0. The Hall–Kier alpha value is 0.548. The first-order valence-corrected chi connectivity index (χ1v) is 43.2. The standard InChI is InChI=1S/C59H128N2O6Si4/c1-14-18-22-26-34-42-55-68(6,7)66-70(10,11)64-58(46-36-28-24-20-16-3)62-53-40-32-30-38-50-61(52-48-57-45-44-49-60(57)5)51-39-31-33-41-54-63-59(47-37-29-25-21-17-4)65-71(12,13)67-69(8,9)56-43-35-27-23-19-15-2/h57-59H,14-56H2,1-13H3. The molecule has 1 heterocycles. The van der Waals surface area contributed by atoms with Crippen LogP contribution in [0.5, 0.6) is 0 Å². The fourth-order valence-corrected chi connectivity index (χ4v) is 26.7. The quantitative estimate of drug-likeness (QED) is 0.0339. The fourth-order valence-electron chi connectivity index (χ4n) is 11.0. The Morgan fingerprint density at radius 3 is 1.17 bits per heavy atom. The van der Waals surface area contributed by atoms with Gasteiger partial charge in [0, 0.05) is 19.3 Å². The second kappa shape index (κ2) is 43.5. The summed E-state index contributed by atoms with van der Waals surface area (Å²) in [7, 11) is -5.86. The molecule has 1 saturated heterocycles. The maximum absolute atomic E-state index is 6.95. The highest BCUT2D eigenvalue weighted by Gasteiger charge is 2.38. The molecule has 0 aliphatic carbocycles. The lowest BCUT2D eigenvalue weighted by Gasteiger charge is -2.36. The topological polar surface area (TPSA) is 61.9 Å². The average Bonchev–Trinajstić information content (AvgIpc) is 3.71. The number of likely N-dealkylation sites (tertiary alicyclic amines) is 1. The van der Waals surface area contributed by atoms with Crippen LogP contribution in [0.3, 0.4) is 0 Å². The summed E-state index contributed by atoms with van der Waals surface area (Å²) in [6.07, 6.45) is 44.4. The van der Waals surface area contributed by atoms with Crippen molar-refractivity contribution in [2.24, 2.45) is 0 Å². The molecule has 3 atom stereocenters. The van der Waals surface area contributed by atoms with Crippen LogP contribution in [0.4, 0.5) is 0 Å². The second-order valence-corrected chi connectivity index (χ2v) is 40.3. The van der Waals surface area contributed by atoms with Gasteiger partial charge in [0.2, 0.25) is 0 Å². The van der Waals surface area contributed by atoms with Gasteiger partial charge in [-0.05, 0) is 168 Å². The largest absolute Gasteiger partial charge is 0.436 e. The lowest BCUT2D eigenvalue weighted by Crippen LogP contribution is -2.48. The van der Waals surface area contributed by atoms with Crippen molar-refractivity contribution in [2.45, 2.75) is 336 Å². The van der Waals surface area contributed by atoms with Crippen molar-refractivity contribution < 1.29 is 26.6 Å². The van der Waals surface area contributed by atoms with E-state index >= 15 is 0 Å². The van der Waals surface area contributed by atoms with Crippen molar-refractivity contribution >= 4 is 33.8 Å². The molecule has 0 bridgehead atoms. The number of unbranched alkanes of at least 4 members (excludes halogenated alkanes) is 24. The molecule has 71 heavy (non-hydrogen) atoms. The summed E-state index contributed by atoms with van der Waals surface area (Å²) in [6.45, 7) is 34.4. The summed E-state index contributed by atoms with van der Waals surface area (Å²) in [6, 6.07) is 3.23. The number of ether oxygens (including phenoxy) is 2. The van der Waals surface area contributed by atoms with Gasteiger partial charge in [-0.2, -0.15) is 0 Å². The van der Waals surface area contributed by atoms with Gasteiger partial charge in [0.05, 0.1) is 0 Å². The third kappa shape index (κ3) is 41.3. The summed E-state index contributed by atoms with van der Waals surface area (Å²) in [5.74, 6) is 0. The summed E-state index contributed by atoms with van der Waals surface area (Å²) in [5.41, 5.74) is 0. The van der Waals surface area contributed by atoms with Crippen LogP contribution in [0.15, 0.2) is 0 Å². The predicted octanol–water partition coefficient (Wildman–Crippen LogP) is 18.9. The highest BCUT2D eigenvalue weighted by molar-refractivity contribution is 6.82. The van der Waals surface area contributed by atoms with E-state index in [0.29, 0.717) is 0 Å². The number of hydrogen-bond donors (Lipinski definition) is 0. The second-order valence-electron chi connectivity index (χ2n) is 24.5. The molecule has 0 aromatic rings. The molecular formula is C59H128N2O6Si4. The van der Waals surface area contributed by atoms with Crippen molar-refractivity contribution in [3.63, 3.8) is 0 Å². The molecule has 1 fully saturated rings. The smallest absolute Gasteiger partial charge is 0.323 e. The van der Waals surface area contributed by atoms with Gasteiger partial charge < -0.3 is 36.4 Å². The normalized spacial score (nSPS) is 16.2. The zero-order valence-electron chi connectivity index (χ0n) is 50.5. The van der Waals surface area contributed by atoms with Gasteiger partial charge in [-0.15, -0.1) is 0 Å². The van der Waals surface area contributed by atoms with Crippen molar-refractivity contribution in [3.05, 3.63) is 0 Å². The van der Waals surface area contributed by atoms with Crippen LogP contribution in [0.1, 0.15) is 252 Å². The van der Waals surface area contributed by atoms with E-state index in [9.17, 15) is 0 Å². The van der Waals surface area contributed by atoms with E-state index < -0.39 is 33.8 Å². The first-order valence-electron chi connectivity index (χ1n) is 31.4. The van der Waals surface area contributed by atoms with Gasteiger partial charge in [0.1, 0.15) is 12.6 Å². The van der Waals surface area contributed by atoms with E-state index in [-0.39, 0.29) is 12.6 Å². The van der Waals surface area contributed by atoms with E-state index in [1.54, 1.807) is 0 Å². The van der Waals surface area contributed by atoms with Gasteiger partial charge in [-0.3, -0.25) is 0 Å². The highest BCUT2D eigenvalue weighted by Crippen LogP contribution is 2.28. The van der Waals surface area contributed by atoms with Crippen LogP contribution in [0.2, 0.25) is 64.5 Å². The monoisotopic (exact) mass is 1070 g/mol. The van der Waals surface area contributed by atoms with Crippen LogP contribution in [-0.2, 0) is 26.6 Å². The molecule has 12 heteroatoms. The first kappa shape index (κ1) is 69.6. The lowest BCUT2D eigenvalue weighted by molar-refractivity contribution is -0.100. The first-order chi connectivity index (χ1) is 34.0. The van der Waals surface area contributed by atoms with Crippen molar-refractivity contribution in [3.8, 4) is 0 Å². The van der Waals surface area contributed by atoms with E-state index in [4.69, 9.17) is 26.6 Å². The van der Waals surface area contributed by atoms with Gasteiger partial charge >= 0.3 is 17.1 Å². The highest BCUT2D eigenvalue weighted by atomic mass is 28.4. The molecule has 0 radical (unpaired) electrons. The molecule has 0 aromatic heterocycles. The molecule has 1 aliphatic heterocycles. The molecule has 0 spiro atoms. The van der Waals surface area contributed by atoms with Crippen LogP contribution < -0.4 is 0 Å². The van der Waals surface area contributed by atoms with Gasteiger partial charge in [-0.1, -0.05) is 182 Å².